The van der Waals surface area contributed by atoms with Crippen LogP contribution in [0.5, 0.6) is 0 Å². The number of nitrogens with two attached hydrogens (primary N) is 1. The van der Waals surface area contributed by atoms with Crippen LogP contribution in [0.2, 0.25) is 0 Å². The van der Waals surface area contributed by atoms with Crippen LogP contribution in [0.1, 0.15) is 37.6 Å². The molecule has 0 radical (unpaired) electrons. The summed E-state index contributed by atoms with van der Waals surface area (Å²) in [6.45, 7) is 6.66. The smallest absolute Gasteiger partial charge is 0.248 e. The van der Waals surface area contributed by atoms with Crippen LogP contribution < -0.4 is 11.1 Å². The molecule has 4 nitrogen and oxygen atoms in total. The van der Waals surface area contributed by atoms with E-state index in [0.717, 1.165) is 23.0 Å². The second kappa shape index (κ2) is 5.87. The fraction of sp³-hybridized carbons (Fsp3) is 0.467. The molecule has 0 fully saturated rings. The lowest BCUT2D eigenvalue weighted by molar-refractivity contribution is 0.100. The fourth-order valence-electron chi connectivity index (χ4n) is 2.05. The van der Waals surface area contributed by atoms with Gasteiger partial charge in [0.25, 0.3) is 0 Å². The van der Waals surface area contributed by atoms with E-state index >= 15 is 0 Å². The van der Waals surface area contributed by atoms with Crippen molar-refractivity contribution in [2.24, 2.45) is 16.1 Å². The molecule has 3 N–H and O–H groups in total. The standard InChI is InChI=1S/C15H21N3OS/c1-15(2,3)12-8-9-20-14(18-12)17-11-6-4-10(5-7-11)13(16)19/h4-7,12H,8-9H2,1-3H3,(H2,16,19)(H,17,18). The number of aliphatic imine (C=N–C) groups is 1. The monoisotopic (exact) mass is 291 g/mol. The highest BCUT2D eigenvalue weighted by molar-refractivity contribution is 8.14. The lowest BCUT2D eigenvalue weighted by Gasteiger charge is -2.31. The van der Waals surface area contributed by atoms with Crippen molar-refractivity contribution < 1.29 is 4.79 Å². The number of hydrogen-bond donors (Lipinski definition) is 2. The molecule has 0 spiro atoms. The van der Waals surface area contributed by atoms with Crippen molar-refractivity contribution in [1.29, 1.82) is 0 Å². The molecule has 1 atom stereocenters. The second-order valence-corrected chi connectivity index (χ2v) is 7.10. The van der Waals surface area contributed by atoms with E-state index in [9.17, 15) is 4.79 Å². The van der Waals surface area contributed by atoms with Gasteiger partial charge in [0.2, 0.25) is 5.91 Å². The van der Waals surface area contributed by atoms with Gasteiger partial charge in [0, 0.05) is 17.0 Å². The van der Waals surface area contributed by atoms with Gasteiger partial charge in [-0.05, 0) is 36.1 Å². The van der Waals surface area contributed by atoms with Crippen LogP contribution >= 0.6 is 11.8 Å². The molecule has 0 saturated carbocycles. The SMILES string of the molecule is CC(C)(C)C1CCSC(Nc2ccc(C(N)=O)cc2)=N1. The number of carbonyl (C=O) groups is 1. The molecule has 0 bridgehead atoms. The van der Waals surface area contributed by atoms with Gasteiger partial charge in [0.15, 0.2) is 5.17 Å². The van der Waals surface area contributed by atoms with Crippen molar-refractivity contribution in [3.8, 4) is 0 Å². The minimum Gasteiger partial charge on any atom is -0.366 e. The first-order chi connectivity index (χ1) is 9.36. The van der Waals surface area contributed by atoms with Crippen LogP contribution in [0.3, 0.4) is 0 Å². The number of primary amides is 1. The highest BCUT2D eigenvalue weighted by Gasteiger charge is 2.27. The van der Waals surface area contributed by atoms with Gasteiger partial charge in [-0.25, -0.2) is 0 Å². The number of amides is 1. The van der Waals surface area contributed by atoms with Crippen molar-refractivity contribution in [3.05, 3.63) is 29.8 Å². The van der Waals surface area contributed by atoms with E-state index in [2.05, 4.69) is 26.1 Å². The summed E-state index contributed by atoms with van der Waals surface area (Å²) in [6, 6.07) is 7.49. The summed E-state index contributed by atoms with van der Waals surface area (Å²) in [5.74, 6) is 0.668. The molecule has 0 saturated heterocycles. The highest BCUT2D eigenvalue weighted by atomic mass is 32.2. The van der Waals surface area contributed by atoms with Gasteiger partial charge in [-0.15, -0.1) is 0 Å². The molecule has 108 valence electrons. The summed E-state index contributed by atoms with van der Waals surface area (Å²) in [5.41, 5.74) is 6.85. The van der Waals surface area contributed by atoms with Crippen molar-refractivity contribution in [3.63, 3.8) is 0 Å². The second-order valence-electron chi connectivity index (χ2n) is 6.02. The maximum absolute atomic E-state index is 11.0. The Kier molecular flexibility index (Phi) is 4.38. The number of rotatable bonds is 2. The van der Waals surface area contributed by atoms with Crippen molar-refractivity contribution in [2.75, 3.05) is 11.1 Å². The Labute approximate surface area is 124 Å². The first kappa shape index (κ1) is 14.9. The number of benzene rings is 1. The molecular formula is C15H21N3OS. The van der Waals surface area contributed by atoms with Crippen LogP contribution in [-0.4, -0.2) is 22.9 Å². The Balaban J connectivity index is 2.09. The van der Waals surface area contributed by atoms with E-state index in [1.54, 1.807) is 23.9 Å². The van der Waals surface area contributed by atoms with Crippen molar-refractivity contribution >= 4 is 28.5 Å². The van der Waals surface area contributed by atoms with Crippen LogP contribution in [-0.2, 0) is 0 Å². The largest absolute Gasteiger partial charge is 0.366 e. The van der Waals surface area contributed by atoms with Crippen LogP contribution in [0.25, 0.3) is 0 Å². The normalized spacial score (nSPS) is 19.4. The molecule has 0 aliphatic carbocycles. The molecule has 0 aromatic heterocycles. The zero-order valence-corrected chi connectivity index (χ0v) is 13.0. The van der Waals surface area contributed by atoms with Crippen molar-refractivity contribution in [2.45, 2.75) is 33.2 Å². The first-order valence-electron chi connectivity index (χ1n) is 6.74. The Bertz CT molecular complexity index is 517. The lowest BCUT2D eigenvalue weighted by atomic mass is 9.85. The number of anilines is 1. The van der Waals surface area contributed by atoms with Gasteiger partial charge in [-0.2, -0.15) is 0 Å². The van der Waals surface area contributed by atoms with E-state index in [1.165, 1.54) is 0 Å². The Morgan fingerprint density at radius 3 is 2.55 bits per heavy atom. The molecule has 1 aromatic carbocycles. The third-order valence-corrected chi connectivity index (χ3v) is 4.24. The predicted molar refractivity (Wildman–Crippen MR) is 86.3 cm³/mol. The molecule has 1 amide bonds. The van der Waals surface area contributed by atoms with Crippen LogP contribution in [0.15, 0.2) is 29.3 Å². The fourth-order valence-corrected chi connectivity index (χ4v) is 2.97. The average molecular weight is 291 g/mol. The maximum atomic E-state index is 11.0. The molecule has 1 aliphatic heterocycles. The molecule has 1 heterocycles. The van der Waals surface area contributed by atoms with Gasteiger partial charge in [-0.1, -0.05) is 32.5 Å². The topological polar surface area (TPSA) is 67.5 Å². The van der Waals surface area contributed by atoms with Gasteiger partial charge in [-0.3, -0.25) is 9.79 Å². The summed E-state index contributed by atoms with van der Waals surface area (Å²) in [5, 5.41) is 4.26. The zero-order valence-electron chi connectivity index (χ0n) is 12.1. The Morgan fingerprint density at radius 1 is 1.35 bits per heavy atom. The Hall–Kier alpha value is -1.49. The van der Waals surface area contributed by atoms with E-state index in [1.807, 2.05) is 12.1 Å². The number of nitrogens with zero attached hydrogens (tertiary/aromatic N) is 1. The molecule has 1 aromatic rings. The molecule has 20 heavy (non-hydrogen) atoms. The molecule has 1 aliphatic rings. The quantitative estimate of drug-likeness (QED) is 0.879. The number of nitrogens with one attached hydrogen (secondary N) is 1. The summed E-state index contributed by atoms with van der Waals surface area (Å²) >= 11 is 1.74. The Morgan fingerprint density at radius 2 is 2.00 bits per heavy atom. The van der Waals surface area contributed by atoms with E-state index < -0.39 is 5.91 Å². The zero-order chi connectivity index (χ0) is 14.8. The van der Waals surface area contributed by atoms with E-state index in [0.29, 0.717) is 11.6 Å². The third-order valence-electron chi connectivity index (χ3n) is 3.32. The van der Waals surface area contributed by atoms with Crippen LogP contribution in [0, 0.1) is 5.41 Å². The molecule has 2 rings (SSSR count). The number of amidine groups is 1. The molecular weight excluding hydrogens is 270 g/mol. The van der Waals surface area contributed by atoms with E-state index in [-0.39, 0.29) is 5.41 Å². The summed E-state index contributed by atoms with van der Waals surface area (Å²) in [4.78, 5) is 15.8. The summed E-state index contributed by atoms with van der Waals surface area (Å²) in [6.07, 6.45) is 1.11. The predicted octanol–water partition coefficient (Wildman–Crippen LogP) is 3.11. The minimum absolute atomic E-state index is 0.184. The van der Waals surface area contributed by atoms with Crippen molar-refractivity contribution in [1.82, 2.24) is 0 Å². The number of carbonyl (C=O) groups excluding carboxylic acids is 1. The van der Waals surface area contributed by atoms with Gasteiger partial charge >= 0.3 is 0 Å². The van der Waals surface area contributed by atoms with Gasteiger partial charge in [0.05, 0.1) is 6.04 Å². The summed E-state index contributed by atoms with van der Waals surface area (Å²) in [7, 11) is 0. The minimum atomic E-state index is -0.409. The average Bonchev–Trinajstić information content (AvgIpc) is 2.38. The first-order valence-corrected chi connectivity index (χ1v) is 7.72. The molecule has 5 heteroatoms. The summed E-state index contributed by atoms with van der Waals surface area (Å²) < 4.78 is 0. The maximum Gasteiger partial charge on any atom is 0.248 e. The number of thioether (sulfide) groups is 1. The van der Waals surface area contributed by atoms with Gasteiger partial charge in [0.1, 0.15) is 0 Å². The lowest BCUT2D eigenvalue weighted by Crippen LogP contribution is -2.30. The van der Waals surface area contributed by atoms with Gasteiger partial charge < -0.3 is 11.1 Å². The molecule has 1 unspecified atom stereocenters. The third kappa shape index (κ3) is 3.76. The van der Waals surface area contributed by atoms with E-state index in [4.69, 9.17) is 10.7 Å². The van der Waals surface area contributed by atoms with Crippen LogP contribution in [0.4, 0.5) is 5.69 Å². The number of hydrogen-bond acceptors (Lipinski definition) is 4. The highest BCUT2D eigenvalue weighted by Crippen LogP contribution is 2.31.